The van der Waals surface area contributed by atoms with Crippen LogP contribution in [0, 0.1) is 0 Å². The Morgan fingerprint density at radius 2 is 2.04 bits per heavy atom. The van der Waals surface area contributed by atoms with Crippen LogP contribution in [-0.2, 0) is 22.7 Å². The van der Waals surface area contributed by atoms with Crippen molar-refractivity contribution in [2.24, 2.45) is 0 Å². The van der Waals surface area contributed by atoms with E-state index >= 15 is 0 Å². The van der Waals surface area contributed by atoms with Crippen LogP contribution >= 0.6 is 0 Å². The molecule has 1 aliphatic rings. The predicted molar refractivity (Wildman–Crippen MR) is 99.9 cm³/mol. The van der Waals surface area contributed by atoms with Gasteiger partial charge in [-0.25, -0.2) is 0 Å². The molecule has 1 saturated heterocycles. The van der Waals surface area contributed by atoms with Crippen molar-refractivity contribution >= 4 is 11.8 Å². The smallest absolute Gasteiger partial charge is 0.243 e. The molecular weight excluding hydrogens is 314 g/mol. The molecule has 1 N–H and O–H groups in total. The van der Waals surface area contributed by atoms with E-state index in [-0.39, 0.29) is 17.9 Å². The maximum atomic E-state index is 12.5. The van der Waals surface area contributed by atoms with Crippen molar-refractivity contribution in [3.05, 3.63) is 35.4 Å². The van der Waals surface area contributed by atoms with E-state index in [2.05, 4.69) is 36.3 Å². The van der Waals surface area contributed by atoms with Gasteiger partial charge in [-0.15, -0.1) is 0 Å². The summed E-state index contributed by atoms with van der Waals surface area (Å²) < 4.78 is 0. The fourth-order valence-corrected chi connectivity index (χ4v) is 3.26. The average Bonchev–Trinajstić information content (AvgIpc) is 3.10. The van der Waals surface area contributed by atoms with Gasteiger partial charge < -0.3 is 15.1 Å². The van der Waals surface area contributed by atoms with Crippen LogP contribution in [0.4, 0.5) is 0 Å². The number of benzene rings is 1. The van der Waals surface area contributed by atoms with Crippen molar-refractivity contribution in [1.82, 2.24) is 15.1 Å². The second kappa shape index (κ2) is 9.56. The molecule has 1 aliphatic heterocycles. The minimum Gasteiger partial charge on any atom is -0.350 e. The van der Waals surface area contributed by atoms with Crippen LogP contribution < -0.4 is 5.32 Å². The van der Waals surface area contributed by atoms with E-state index in [0.717, 1.165) is 37.9 Å². The quantitative estimate of drug-likeness (QED) is 0.788. The number of nitrogens with one attached hydrogen (secondary N) is 1. The van der Waals surface area contributed by atoms with E-state index in [1.807, 2.05) is 19.1 Å². The molecule has 2 amide bonds. The summed E-state index contributed by atoms with van der Waals surface area (Å²) in [4.78, 5) is 28.7. The zero-order chi connectivity index (χ0) is 18.2. The topological polar surface area (TPSA) is 52.7 Å². The highest BCUT2D eigenvalue weighted by Gasteiger charge is 2.33. The SMILES string of the molecule is CCCC(=O)N1CCC[C@@H]1C(=O)NCc1cccc(CN(C)CC)c1. The molecule has 0 radical (unpaired) electrons. The van der Waals surface area contributed by atoms with Gasteiger partial charge in [-0.05, 0) is 44.0 Å². The van der Waals surface area contributed by atoms with Crippen LogP contribution in [0.25, 0.3) is 0 Å². The molecule has 1 aromatic rings. The first-order valence-electron chi connectivity index (χ1n) is 9.38. The second-order valence-corrected chi connectivity index (χ2v) is 6.86. The lowest BCUT2D eigenvalue weighted by Gasteiger charge is -2.24. The largest absolute Gasteiger partial charge is 0.350 e. The summed E-state index contributed by atoms with van der Waals surface area (Å²) in [5.74, 6) is 0.0720. The van der Waals surface area contributed by atoms with Crippen molar-refractivity contribution in [1.29, 1.82) is 0 Å². The highest BCUT2D eigenvalue weighted by molar-refractivity contribution is 5.88. The number of carbonyl (C=O) groups is 2. The minimum atomic E-state index is -0.298. The van der Waals surface area contributed by atoms with Crippen molar-refractivity contribution < 1.29 is 9.59 Å². The third-order valence-corrected chi connectivity index (χ3v) is 4.79. The van der Waals surface area contributed by atoms with Gasteiger partial charge in [-0.3, -0.25) is 9.59 Å². The Bertz CT molecular complexity index is 588. The van der Waals surface area contributed by atoms with E-state index in [1.165, 1.54) is 5.56 Å². The number of hydrogen-bond acceptors (Lipinski definition) is 3. The molecule has 25 heavy (non-hydrogen) atoms. The van der Waals surface area contributed by atoms with Crippen LogP contribution in [0.2, 0.25) is 0 Å². The first kappa shape index (κ1) is 19.4. The number of carbonyl (C=O) groups excluding carboxylic acids is 2. The summed E-state index contributed by atoms with van der Waals surface area (Å²) in [5, 5.41) is 3.02. The van der Waals surface area contributed by atoms with Crippen LogP contribution in [0.3, 0.4) is 0 Å². The third-order valence-electron chi connectivity index (χ3n) is 4.79. The van der Waals surface area contributed by atoms with Crippen LogP contribution in [0.15, 0.2) is 24.3 Å². The van der Waals surface area contributed by atoms with Crippen molar-refractivity contribution in [2.75, 3.05) is 20.1 Å². The van der Waals surface area contributed by atoms with Crippen molar-refractivity contribution in [3.8, 4) is 0 Å². The van der Waals surface area contributed by atoms with E-state index in [4.69, 9.17) is 0 Å². The van der Waals surface area contributed by atoms with E-state index in [9.17, 15) is 9.59 Å². The molecule has 0 bridgehead atoms. The molecule has 1 heterocycles. The molecule has 2 rings (SSSR count). The molecular formula is C20H31N3O2. The van der Waals surface area contributed by atoms with Gasteiger partial charge in [-0.2, -0.15) is 0 Å². The zero-order valence-electron chi connectivity index (χ0n) is 15.8. The Balaban J connectivity index is 1.91. The van der Waals surface area contributed by atoms with E-state index in [0.29, 0.717) is 19.5 Å². The Morgan fingerprint density at radius 3 is 2.76 bits per heavy atom. The summed E-state index contributed by atoms with van der Waals surface area (Å²) in [6, 6.07) is 8.02. The van der Waals surface area contributed by atoms with Crippen LogP contribution in [0.1, 0.15) is 50.7 Å². The van der Waals surface area contributed by atoms with Gasteiger partial charge in [0.05, 0.1) is 0 Å². The van der Waals surface area contributed by atoms with Gasteiger partial charge in [0, 0.05) is 26.1 Å². The molecule has 1 fully saturated rings. The van der Waals surface area contributed by atoms with Gasteiger partial charge in [0.15, 0.2) is 0 Å². The maximum absolute atomic E-state index is 12.5. The number of rotatable bonds is 8. The average molecular weight is 345 g/mol. The molecule has 0 spiro atoms. The second-order valence-electron chi connectivity index (χ2n) is 6.86. The third kappa shape index (κ3) is 5.56. The molecule has 5 heteroatoms. The number of hydrogen-bond donors (Lipinski definition) is 1. The van der Waals surface area contributed by atoms with Gasteiger partial charge in [0.25, 0.3) is 0 Å². The van der Waals surface area contributed by atoms with Gasteiger partial charge >= 0.3 is 0 Å². The normalized spacial score (nSPS) is 17.1. The van der Waals surface area contributed by atoms with Gasteiger partial charge in [0.1, 0.15) is 6.04 Å². The highest BCUT2D eigenvalue weighted by atomic mass is 16.2. The fraction of sp³-hybridized carbons (Fsp3) is 0.600. The van der Waals surface area contributed by atoms with Gasteiger partial charge in [0.2, 0.25) is 11.8 Å². The lowest BCUT2D eigenvalue weighted by molar-refractivity contribution is -0.138. The van der Waals surface area contributed by atoms with Gasteiger partial charge in [-0.1, -0.05) is 38.1 Å². The molecule has 1 atom stereocenters. The summed E-state index contributed by atoms with van der Waals surface area (Å²) in [7, 11) is 2.09. The molecule has 0 unspecified atom stereocenters. The highest BCUT2D eigenvalue weighted by Crippen LogP contribution is 2.19. The van der Waals surface area contributed by atoms with E-state index < -0.39 is 0 Å². The molecule has 138 valence electrons. The lowest BCUT2D eigenvalue weighted by atomic mass is 10.1. The lowest BCUT2D eigenvalue weighted by Crippen LogP contribution is -2.45. The maximum Gasteiger partial charge on any atom is 0.243 e. The molecule has 0 aliphatic carbocycles. The number of likely N-dealkylation sites (tertiary alicyclic amines) is 1. The summed E-state index contributed by atoms with van der Waals surface area (Å²) >= 11 is 0. The first-order valence-corrected chi connectivity index (χ1v) is 9.38. The first-order chi connectivity index (χ1) is 12.0. The fourth-order valence-electron chi connectivity index (χ4n) is 3.26. The Kier molecular flexibility index (Phi) is 7.44. The van der Waals surface area contributed by atoms with Crippen molar-refractivity contribution in [3.63, 3.8) is 0 Å². The molecule has 5 nitrogen and oxygen atoms in total. The summed E-state index contributed by atoms with van der Waals surface area (Å²) in [6.07, 6.45) is 3.02. The number of nitrogens with zero attached hydrogens (tertiary/aromatic N) is 2. The standard InChI is InChI=1S/C20H31N3O2/c1-4-8-19(24)23-12-7-11-18(23)20(25)21-14-16-9-6-10-17(13-16)15-22(3)5-2/h6,9-10,13,18H,4-5,7-8,11-12,14-15H2,1-3H3,(H,21,25)/t18-/m1/s1. The van der Waals surface area contributed by atoms with Crippen LogP contribution in [0.5, 0.6) is 0 Å². The Hall–Kier alpha value is -1.88. The Labute approximate surface area is 151 Å². The molecule has 1 aromatic carbocycles. The Morgan fingerprint density at radius 1 is 1.28 bits per heavy atom. The predicted octanol–water partition coefficient (Wildman–Crippen LogP) is 2.55. The molecule has 0 saturated carbocycles. The van der Waals surface area contributed by atoms with E-state index in [1.54, 1.807) is 4.90 Å². The summed E-state index contributed by atoms with van der Waals surface area (Å²) in [5.41, 5.74) is 2.34. The summed E-state index contributed by atoms with van der Waals surface area (Å²) in [6.45, 7) is 7.25. The van der Waals surface area contributed by atoms with Crippen molar-refractivity contribution in [2.45, 2.75) is 58.7 Å². The number of amides is 2. The minimum absolute atomic E-state index is 0.0296. The monoisotopic (exact) mass is 345 g/mol. The zero-order valence-corrected chi connectivity index (χ0v) is 15.8. The van der Waals surface area contributed by atoms with Crippen LogP contribution in [-0.4, -0.2) is 47.8 Å². The molecule has 0 aromatic heterocycles.